The summed E-state index contributed by atoms with van der Waals surface area (Å²) in [7, 11) is 1.58. The van der Waals surface area contributed by atoms with Crippen molar-refractivity contribution < 1.29 is 14.3 Å². The summed E-state index contributed by atoms with van der Waals surface area (Å²) < 4.78 is 4.81. The van der Waals surface area contributed by atoms with Crippen LogP contribution in [0.4, 0.5) is 5.13 Å². The maximum absolute atomic E-state index is 11.3. The van der Waals surface area contributed by atoms with Gasteiger partial charge in [-0.2, -0.15) is 0 Å². The maximum atomic E-state index is 11.3. The molecule has 0 aromatic carbocycles. The highest BCUT2D eigenvalue weighted by Crippen LogP contribution is 2.09. The van der Waals surface area contributed by atoms with Crippen LogP contribution in [-0.4, -0.2) is 37.1 Å². The zero-order valence-electron chi connectivity index (χ0n) is 8.86. The Kier molecular flexibility index (Phi) is 5.44. The third kappa shape index (κ3) is 4.37. The van der Waals surface area contributed by atoms with Crippen LogP contribution in [0.5, 0.6) is 0 Å². The molecule has 0 aliphatic rings. The van der Waals surface area contributed by atoms with Crippen molar-refractivity contribution in [3.8, 4) is 0 Å². The van der Waals surface area contributed by atoms with E-state index in [0.717, 1.165) is 0 Å². The highest BCUT2D eigenvalue weighted by atomic mass is 32.1. The number of hydrogen-bond donors (Lipinski definition) is 2. The molecule has 0 radical (unpaired) electrons. The molecule has 0 saturated carbocycles. The predicted octanol–water partition coefficient (Wildman–Crippen LogP) is 0.234. The zero-order valence-corrected chi connectivity index (χ0v) is 9.67. The molecule has 1 aromatic heterocycles. The minimum atomic E-state index is -0.702. The fourth-order valence-electron chi connectivity index (χ4n) is 0.938. The van der Waals surface area contributed by atoms with Gasteiger partial charge in [-0.15, -0.1) is 11.3 Å². The number of aromatic nitrogens is 1. The zero-order chi connectivity index (χ0) is 11.8. The number of methoxy groups -OCH3 is 1. The van der Waals surface area contributed by atoms with E-state index < -0.39 is 11.8 Å². The molecule has 0 unspecified atom stereocenters. The monoisotopic (exact) mass is 243 g/mol. The molecule has 7 heteroatoms. The van der Waals surface area contributed by atoms with Crippen molar-refractivity contribution in [1.29, 1.82) is 0 Å². The Balaban J connectivity index is 2.23. The van der Waals surface area contributed by atoms with Crippen LogP contribution >= 0.6 is 11.3 Å². The Morgan fingerprint density at radius 2 is 2.31 bits per heavy atom. The number of ether oxygens (including phenoxy) is 1. The second kappa shape index (κ2) is 6.91. The van der Waals surface area contributed by atoms with E-state index in [4.69, 9.17) is 4.74 Å². The maximum Gasteiger partial charge on any atom is 0.315 e. The van der Waals surface area contributed by atoms with E-state index >= 15 is 0 Å². The molecule has 2 amide bonds. The van der Waals surface area contributed by atoms with Crippen LogP contribution in [0.25, 0.3) is 0 Å². The molecule has 0 aliphatic heterocycles. The summed E-state index contributed by atoms with van der Waals surface area (Å²) >= 11 is 1.26. The van der Waals surface area contributed by atoms with Crippen molar-refractivity contribution in [3.05, 3.63) is 11.6 Å². The number of nitrogens with zero attached hydrogens (tertiary/aromatic N) is 1. The molecule has 1 rings (SSSR count). The molecule has 2 N–H and O–H groups in total. The van der Waals surface area contributed by atoms with Gasteiger partial charge < -0.3 is 10.1 Å². The van der Waals surface area contributed by atoms with Crippen LogP contribution in [-0.2, 0) is 14.3 Å². The van der Waals surface area contributed by atoms with Gasteiger partial charge in [0.15, 0.2) is 5.13 Å². The van der Waals surface area contributed by atoms with E-state index in [1.165, 1.54) is 11.3 Å². The van der Waals surface area contributed by atoms with E-state index in [9.17, 15) is 9.59 Å². The van der Waals surface area contributed by atoms with Gasteiger partial charge in [0.2, 0.25) is 0 Å². The molecule has 0 aliphatic carbocycles. The summed E-state index contributed by atoms with van der Waals surface area (Å²) in [5, 5.41) is 6.99. The Bertz CT molecular complexity index is 340. The first-order valence-electron chi connectivity index (χ1n) is 4.71. The van der Waals surface area contributed by atoms with Gasteiger partial charge in [0, 0.05) is 31.8 Å². The van der Waals surface area contributed by atoms with Crippen molar-refractivity contribution in [2.75, 3.05) is 25.6 Å². The molecule has 1 aromatic rings. The number of carbonyl (C=O) groups excluding carboxylic acids is 2. The van der Waals surface area contributed by atoms with Gasteiger partial charge in [-0.1, -0.05) is 0 Å². The normalized spacial score (nSPS) is 9.81. The van der Waals surface area contributed by atoms with Crippen molar-refractivity contribution in [2.24, 2.45) is 0 Å². The molecule has 0 atom stereocenters. The van der Waals surface area contributed by atoms with E-state index in [2.05, 4.69) is 15.6 Å². The molecule has 0 spiro atoms. The molecule has 0 bridgehead atoms. The highest BCUT2D eigenvalue weighted by molar-refractivity contribution is 7.13. The van der Waals surface area contributed by atoms with Gasteiger partial charge in [-0.3, -0.25) is 14.9 Å². The van der Waals surface area contributed by atoms with Crippen LogP contribution in [0.3, 0.4) is 0 Å². The summed E-state index contributed by atoms with van der Waals surface area (Å²) in [6, 6.07) is 0. The lowest BCUT2D eigenvalue weighted by molar-refractivity contribution is -0.136. The van der Waals surface area contributed by atoms with Crippen LogP contribution in [0.1, 0.15) is 6.42 Å². The van der Waals surface area contributed by atoms with Crippen molar-refractivity contribution in [1.82, 2.24) is 10.3 Å². The average molecular weight is 243 g/mol. The lowest BCUT2D eigenvalue weighted by atomic mass is 10.4. The number of carbonyl (C=O) groups is 2. The quantitative estimate of drug-likeness (QED) is 0.573. The Hall–Kier alpha value is -1.47. The highest BCUT2D eigenvalue weighted by Gasteiger charge is 2.13. The van der Waals surface area contributed by atoms with Gasteiger partial charge in [0.25, 0.3) is 0 Å². The van der Waals surface area contributed by atoms with Crippen LogP contribution in [0.2, 0.25) is 0 Å². The average Bonchev–Trinajstić information content (AvgIpc) is 2.76. The smallest absolute Gasteiger partial charge is 0.315 e. The molecule has 88 valence electrons. The molecular formula is C9H13N3O3S. The van der Waals surface area contributed by atoms with Crippen LogP contribution in [0.15, 0.2) is 11.6 Å². The summed E-state index contributed by atoms with van der Waals surface area (Å²) in [6.07, 6.45) is 2.23. The molecular weight excluding hydrogens is 230 g/mol. The molecule has 1 heterocycles. The van der Waals surface area contributed by atoms with Crippen molar-refractivity contribution in [2.45, 2.75) is 6.42 Å². The number of amides is 2. The summed E-state index contributed by atoms with van der Waals surface area (Å²) in [4.78, 5) is 26.4. The predicted molar refractivity (Wildman–Crippen MR) is 60.2 cm³/mol. The summed E-state index contributed by atoms with van der Waals surface area (Å²) in [6.45, 7) is 0.965. The first kappa shape index (κ1) is 12.6. The number of thiazole rings is 1. The third-order valence-electron chi connectivity index (χ3n) is 1.67. The molecule has 0 saturated heterocycles. The van der Waals surface area contributed by atoms with E-state index in [1.807, 2.05) is 0 Å². The number of anilines is 1. The first-order valence-corrected chi connectivity index (χ1v) is 5.59. The third-order valence-corrected chi connectivity index (χ3v) is 2.36. The van der Waals surface area contributed by atoms with E-state index in [1.54, 1.807) is 18.7 Å². The molecule has 16 heavy (non-hydrogen) atoms. The van der Waals surface area contributed by atoms with E-state index in [0.29, 0.717) is 24.7 Å². The Morgan fingerprint density at radius 3 is 2.94 bits per heavy atom. The Morgan fingerprint density at radius 1 is 1.50 bits per heavy atom. The second-order valence-electron chi connectivity index (χ2n) is 2.89. The van der Waals surface area contributed by atoms with Gasteiger partial charge in [-0.05, 0) is 6.42 Å². The van der Waals surface area contributed by atoms with Crippen molar-refractivity contribution >= 4 is 28.3 Å². The summed E-state index contributed by atoms with van der Waals surface area (Å²) in [5.74, 6) is -1.36. The largest absolute Gasteiger partial charge is 0.385 e. The van der Waals surface area contributed by atoms with Crippen molar-refractivity contribution in [3.63, 3.8) is 0 Å². The fourth-order valence-corrected chi connectivity index (χ4v) is 1.46. The molecule has 6 nitrogen and oxygen atoms in total. The number of nitrogens with one attached hydrogen (secondary N) is 2. The van der Waals surface area contributed by atoms with Crippen LogP contribution in [0, 0.1) is 0 Å². The standard InChI is InChI=1S/C9H13N3O3S/c1-15-5-2-3-10-7(13)8(14)12-9-11-4-6-16-9/h4,6H,2-3,5H2,1H3,(H,10,13)(H,11,12,14). The second-order valence-corrected chi connectivity index (χ2v) is 3.79. The first-order chi connectivity index (χ1) is 7.74. The lowest BCUT2D eigenvalue weighted by Crippen LogP contribution is -2.36. The number of hydrogen-bond acceptors (Lipinski definition) is 5. The van der Waals surface area contributed by atoms with Gasteiger partial charge in [-0.25, -0.2) is 4.98 Å². The SMILES string of the molecule is COCCCNC(=O)C(=O)Nc1nccs1. The lowest BCUT2D eigenvalue weighted by Gasteiger charge is -2.03. The summed E-state index contributed by atoms with van der Waals surface area (Å²) in [5.41, 5.74) is 0. The minimum absolute atomic E-state index is 0.414. The van der Waals surface area contributed by atoms with Crippen LogP contribution < -0.4 is 10.6 Å². The van der Waals surface area contributed by atoms with Gasteiger partial charge in [0.1, 0.15) is 0 Å². The minimum Gasteiger partial charge on any atom is -0.385 e. The molecule has 0 fully saturated rings. The number of rotatable bonds is 5. The van der Waals surface area contributed by atoms with E-state index in [-0.39, 0.29) is 0 Å². The Labute approximate surface area is 97.0 Å². The topological polar surface area (TPSA) is 80.3 Å². The van der Waals surface area contributed by atoms with Gasteiger partial charge >= 0.3 is 11.8 Å². The fraction of sp³-hybridized carbons (Fsp3) is 0.444. The van der Waals surface area contributed by atoms with Gasteiger partial charge in [0.05, 0.1) is 0 Å².